The summed E-state index contributed by atoms with van der Waals surface area (Å²) in [6.07, 6.45) is 1.80. The van der Waals surface area contributed by atoms with E-state index in [4.69, 9.17) is 40.2 Å². The second-order valence-electron chi connectivity index (χ2n) is 8.46. The Morgan fingerprint density at radius 3 is 2.49 bits per heavy atom. The summed E-state index contributed by atoms with van der Waals surface area (Å²) in [6, 6.07) is 21.4. The summed E-state index contributed by atoms with van der Waals surface area (Å²) in [7, 11) is 1.60. The number of rotatable bonds is 5. The quantitative estimate of drug-likeness (QED) is 0.286. The van der Waals surface area contributed by atoms with Gasteiger partial charge in [-0.25, -0.2) is 0 Å². The lowest BCUT2D eigenvalue weighted by atomic mass is 9.96. The zero-order chi connectivity index (χ0) is 24.7. The van der Waals surface area contributed by atoms with E-state index in [0.29, 0.717) is 20.9 Å². The van der Waals surface area contributed by atoms with Crippen LogP contribution in [0.2, 0.25) is 10.0 Å². The van der Waals surface area contributed by atoms with Gasteiger partial charge in [-0.3, -0.25) is 4.98 Å². The summed E-state index contributed by atoms with van der Waals surface area (Å²) in [5, 5.41) is 5.34. The van der Waals surface area contributed by atoms with Gasteiger partial charge in [0.1, 0.15) is 5.75 Å². The molecular weight excluding hydrogens is 499 g/mol. The topological polar surface area (TPSA) is 42.3 Å². The van der Waals surface area contributed by atoms with Crippen LogP contribution in [-0.2, 0) is 0 Å². The molecular formula is C27H24Cl2N4OS. The minimum absolute atomic E-state index is 0.152. The number of benzene rings is 2. The summed E-state index contributed by atoms with van der Waals surface area (Å²) in [6.45, 7) is 4.22. The predicted octanol–water partition coefficient (Wildman–Crippen LogP) is 6.98. The smallest absolute Gasteiger partial charge is 0.174 e. The van der Waals surface area contributed by atoms with Gasteiger partial charge in [0.25, 0.3) is 0 Å². The highest BCUT2D eigenvalue weighted by Gasteiger charge is 2.42. The van der Waals surface area contributed by atoms with Crippen LogP contribution in [0.5, 0.6) is 5.75 Å². The third kappa shape index (κ3) is 4.27. The molecule has 1 saturated heterocycles. The Hall–Kier alpha value is -3.06. The maximum atomic E-state index is 6.51. The van der Waals surface area contributed by atoms with Crippen molar-refractivity contribution in [2.24, 2.45) is 0 Å². The van der Waals surface area contributed by atoms with Crippen LogP contribution >= 0.6 is 35.4 Å². The van der Waals surface area contributed by atoms with E-state index in [0.717, 1.165) is 34.0 Å². The number of anilines is 1. The van der Waals surface area contributed by atoms with Crippen LogP contribution in [0, 0.1) is 13.8 Å². The Labute approximate surface area is 220 Å². The largest absolute Gasteiger partial charge is 0.495 e. The fourth-order valence-corrected chi connectivity index (χ4v) is 5.64. The molecule has 0 aliphatic carbocycles. The molecule has 0 spiro atoms. The van der Waals surface area contributed by atoms with Crippen molar-refractivity contribution in [2.45, 2.75) is 25.9 Å². The Morgan fingerprint density at radius 2 is 1.80 bits per heavy atom. The second kappa shape index (κ2) is 9.53. The highest BCUT2D eigenvalue weighted by atomic mass is 35.5. The average Bonchev–Trinajstić information content (AvgIpc) is 3.34. The standard InChI is InChI=1S/C27H24Cl2N4OS/c1-16-13-21(17(2)32(16)19-8-6-7-18(28)14-19)26-25(23-9-4-5-12-30-23)31-27(35)33(26)20-10-11-24(34-3)22(29)15-20/h4-15,25-26H,1-3H3,(H,31,35)/t25-,26-/m1/s1. The van der Waals surface area contributed by atoms with E-state index >= 15 is 0 Å². The van der Waals surface area contributed by atoms with Gasteiger partial charge in [0.2, 0.25) is 0 Å². The molecule has 1 aliphatic rings. The van der Waals surface area contributed by atoms with Crippen molar-refractivity contribution in [3.8, 4) is 11.4 Å². The minimum Gasteiger partial charge on any atom is -0.495 e. The van der Waals surface area contributed by atoms with E-state index in [2.05, 4.69) is 45.7 Å². The molecule has 0 unspecified atom stereocenters. The number of halogens is 2. The monoisotopic (exact) mass is 522 g/mol. The summed E-state index contributed by atoms with van der Waals surface area (Å²) in [5.74, 6) is 0.616. The van der Waals surface area contributed by atoms with Gasteiger partial charge in [0.15, 0.2) is 5.11 Å². The highest BCUT2D eigenvalue weighted by Crippen LogP contribution is 2.45. The number of methoxy groups -OCH3 is 1. The summed E-state index contributed by atoms with van der Waals surface area (Å²) in [5.41, 5.74) is 6.15. The fraction of sp³-hybridized carbons (Fsp3) is 0.185. The number of nitrogens with one attached hydrogen (secondary N) is 1. The molecule has 0 saturated carbocycles. The van der Waals surface area contributed by atoms with Crippen LogP contribution in [-0.4, -0.2) is 21.8 Å². The number of pyridine rings is 1. The van der Waals surface area contributed by atoms with Gasteiger partial charge < -0.3 is 19.5 Å². The van der Waals surface area contributed by atoms with Crippen molar-refractivity contribution >= 4 is 46.2 Å². The van der Waals surface area contributed by atoms with E-state index < -0.39 is 0 Å². The summed E-state index contributed by atoms with van der Waals surface area (Å²) >= 11 is 18.7. The van der Waals surface area contributed by atoms with Crippen molar-refractivity contribution in [2.75, 3.05) is 12.0 Å². The molecule has 35 heavy (non-hydrogen) atoms. The molecule has 3 heterocycles. The van der Waals surface area contributed by atoms with Gasteiger partial charge in [0.05, 0.1) is 29.9 Å². The van der Waals surface area contributed by atoms with Crippen molar-refractivity contribution in [1.82, 2.24) is 14.9 Å². The zero-order valence-corrected chi connectivity index (χ0v) is 21.8. The number of nitrogens with zero attached hydrogens (tertiary/aromatic N) is 3. The number of hydrogen-bond donors (Lipinski definition) is 1. The summed E-state index contributed by atoms with van der Waals surface area (Å²) in [4.78, 5) is 6.77. The van der Waals surface area contributed by atoms with E-state index in [1.54, 1.807) is 13.3 Å². The van der Waals surface area contributed by atoms with Gasteiger partial charge in [-0.1, -0.05) is 35.3 Å². The third-order valence-corrected chi connectivity index (χ3v) is 7.21. The predicted molar refractivity (Wildman–Crippen MR) is 146 cm³/mol. The average molecular weight is 523 g/mol. The molecule has 1 N–H and O–H groups in total. The Morgan fingerprint density at radius 1 is 0.971 bits per heavy atom. The molecule has 8 heteroatoms. The van der Waals surface area contributed by atoms with Crippen LogP contribution in [0.3, 0.4) is 0 Å². The molecule has 1 fully saturated rings. The molecule has 0 bridgehead atoms. The van der Waals surface area contributed by atoms with E-state index in [9.17, 15) is 0 Å². The van der Waals surface area contributed by atoms with Gasteiger partial charge in [-0.05, 0) is 86.2 Å². The van der Waals surface area contributed by atoms with Crippen LogP contribution in [0.25, 0.3) is 5.69 Å². The fourth-order valence-electron chi connectivity index (χ4n) is 4.85. The van der Waals surface area contributed by atoms with E-state index in [-0.39, 0.29) is 12.1 Å². The number of thiocarbonyl (C=S) groups is 1. The molecule has 2 aromatic heterocycles. The number of aromatic nitrogens is 2. The van der Waals surface area contributed by atoms with Crippen molar-refractivity contribution in [3.63, 3.8) is 0 Å². The lowest BCUT2D eigenvalue weighted by Crippen LogP contribution is -2.29. The molecule has 0 radical (unpaired) electrons. The number of aryl methyl sites for hydroxylation is 1. The first-order valence-electron chi connectivity index (χ1n) is 11.2. The normalized spacial score (nSPS) is 17.5. The maximum absolute atomic E-state index is 6.51. The van der Waals surface area contributed by atoms with Crippen LogP contribution < -0.4 is 15.0 Å². The lowest BCUT2D eigenvalue weighted by molar-refractivity contribution is 0.415. The zero-order valence-electron chi connectivity index (χ0n) is 19.5. The molecule has 2 aromatic carbocycles. The Kier molecular flexibility index (Phi) is 6.45. The van der Waals surface area contributed by atoms with Gasteiger partial charge in [-0.2, -0.15) is 0 Å². The molecule has 5 nitrogen and oxygen atoms in total. The van der Waals surface area contributed by atoms with Crippen LogP contribution in [0.4, 0.5) is 5.69 Å². The first-order valence-corrected chi connectivity index (χ1v) is 12.3. The summed E-state index contributed by atoms with van der Waals surface area (Å²) < 4.78 is 7.58. The van der Waals surface area contributed by atoms with Crippen molar-refractivity contribution in [1.29, 1.82) is 0 Å². The van der Waals surface area contributed by atoms with E-state index in [1.165, 1.54) is 0 Å². The van der Waals surface area contributed by atoms with Crippen molar-refractivity contribution < 1.29 is 4.74 Å². The first-order chi connectivity index (χ1) is 16.9. The lowest BCUT2D eigenvalue weighted by Gasteiger charge is -2.28. The van der Waals surface area contributed by atoms with Gasteiger partial charge in [-0.15, -0.1) is 0 Å². The third-order valence-electron chi connectivity index (χ3n) is 6.37. The van der Waals surface area contributed by atoms with Crippen LogP contribution in [0.15, 0.2) is 72.9 Å². The molecule has 178 valence electrons. The van der Waals surface area contributed by atoms with Crippen molar-refractivity contribution in [3.05, 3.63) is 106 Å². The SMILES string of the molecule is COc1ccc(N2C(=S)N[C@H](c3ccccn3)[C@H]2c2cc(C)n(-c3cccc(Cl)c3)c2C)cc1Cl. The minimum atomic E-state index is -0.155. The Bertz CT molecular complexity index is 1410. The number of hydrogen-bond acceptors (Lipinski definition) is 3. The highest BCUT2D eigenvalue weighted by molar-refractivity contribution is 7.80. The van der Waals surface area contributed by atoms with E-state index in [1.807, 2.05) is 54.6 Å². The molecule has 1 aliphatic heterocycles. The van der Waals surface area contributed by atoms with Gasteiger partial charge in [0, 0.05) is 34.0 Å². The Balaban J connectivity index is 1.68. The molecule has 0 amide bonds. The number of ether oxygens (including phenoxy) is 1. The molecule has 4 aromatic rings. The van der Waals surface area contributed by atoms with Gasteiger partial charge >= 0.3 is 0 Å². The van der Waals surface area contributed by atoms with Crippen LogP contribution in [0.1, 0.15) is 34.7 Å². The second-order valence-corrected chi connectivity index (χ2v) is 9.69. The maximum Gasteiger partial charge on any atom is 0.174 e. The first kappa shape index (κ1) is 23.7. The molecule has 5 rings (SSSR count). The molecule has 2 atom stereocenters.